The second-order valence-corrected chi connectivity index (χ2v) is 5.20. The van der Waals surface area contributed by atoms with E-state index in [9.17, 15) is 18.4 Å². The summed E-state index contributed by atoms with van der Waals surface area (Å²) in [7, 11) is 1.58. The van der Waals surface area contributed by atoms with Crippen molar-refractivity contribution in [3.63, 3.8) is 0 Å². The molecule has 2 amide bonds. The first-order valence-corrected chi connectivity index (χ1v) is 6.79. The van der Waals surface area contributed by atoms with Gasteiger partial charge < -0.3 is 9.80 Å². The number of aromatic nitrogens is 2. The van der Waals surface area contributed by atoms with E-state index >= 15 is 0 Å². The molecule has 6 nitrogen and oxygen atoms in total. The van der Waals surface area contributed by atoms with Crippen molar-refractivity contribution in [1.82, 2.24) is 20.0 Å². The molecule has 0 spiro atoms. The molecule has 2 rings (SSSR count). The smallest absolute Gasteiger partial charge is 0.279 e. The maximum atomic E-state index is 12.5. The lowest BCUT2D eigenvalue weighted by Crippen LogP contribution is -2.33. The van der Waals surface area contributed by atoms with Crippen LogP contribution in [0.25, 0.3) is 0 Å². The van der Waals surface area contributed by atoms with Crippen molar-refractivity contribution in [2.45, 2.75) is 19.8 Å². The monoisotopic (exact) mass is 300 g/mol. The Balaban J connectivity index is 1.95. The molecule has 1 unspecified atom stereocenters. The van der Waals surface area contributed by atoms with Crippen molar-refractivity contribution in [2.75, 3.05) is 26.7 Å². The van der Waals surface area contributed by atoms with Crippen molar-refractivity contribution in [3.05, 3.63) is 17.5 Å². The van der Waals surface area contributed by atoms with Crippen molar-refractivity contribution in [1.29, 1.82) is 0 Å². The highest BCUT2D eigenvalue weighted by molar-refractivity contribution is 5.92. The maximum absolute atomic E-state index is 12.5. The van der Waals surface area contributed by atoms with Crippen LogP contribution in [-0.4, -0.2) is 58.5 Å². The Morgan fingerprint density at radius 1 is 1.62 bits per heavy atom. The Labute approximate surface area is 121 Å². The number of H-pyrrole nitrogens is 1. The molecule has 0 aliphatic carbocycles. The number of likely N-dealkylation sites (tertiary alicyclic amines) is 1. The first-order chi connectivity index (χ1) is 9.92. The quantitative estimate of drug-likeness (QED) is 0.891. The lowest BCUT2D eigenvalue weighted by Gasteiger charge is -2.20. The summed E-state index contributed by atoms with van der Waals surface area (Å²) in [5, 5.41) is 5.75. The van der Waals surface area contributed by atoms with Crippen LogP contribution in [-0.2, 0) is 4.79 Å². The summed E-state index contributed by atoms with van der Waals surface area (Å²) >= 11 is 0. The molecule has 1 fully saturated rings. The van der Waals surface area contributed by atoms with E-state index in [-0.39, 0.29) is 23.2 Å². The van der Waals surface area contributed by atoms with Gasteiger partial charge in [0.25, 0.3) is 12.3 Å². The number of hydrogen-bond acceptors (Lipinski definition) is 3. The van der Waals surface area contributed by atoms with Gasteiger partial charge in [-0.05, 0) is 13.0 Å². The fourth-order valence-electron chi connectivity index (χ4n) is 2.51. The molecule has 2 heterocycles. The topological polar surface area (TPSA) is 69.3 Å². The molecule has 0 saturated carbocycles. The van der Waals surface area contributed by atoms with Crippen LogP contribution in [0, 0.1) is 5.92 Å². The minimum Gasteiger partial charge on any atom is -0.343 e. The van der Waals surface area contributed by atoms with Gasteiger partial charge in [-0.2, -0.15) is 5.10 Å². The third-order valence-corrected chi connectivity index (χ3v) is 3.61. The average Bonchev–Trinajstić information content (AvgIpc) is 3.04. The van der Waals surface area contributed by atoms with Crippen molar-refractivity contribution in [3.8, 4) is 0 Å². The summed E-state index contributed by atoms with van der Waals surface area (Å²) in [6.45, 7) is 3.59. The number of rotatable bonds is 5. The number of alkyl halides is 2. The van der Waals surface area contributed by atoms with E-state index in [0.717, 1.165) is 6.07 Å². The first-order valence-electron chi connectivity index (χ1n) is 6.79. The number of nitrogens with zero attached hydrogens (tertiary/aromatic N) is 3. The van der Waals surface area contributed by atoms with Crippen LogP contribution in [0.4, 0.5) is 8.78 Å². The van der Waals surface area contributed by atoms with Gasteiger partial charge in [-0.1, -0.05) is 0 Å². The second kappa shape index (κ2) is 6.19. The minimum atomic E-state index is -2.69. The summed E-state index contributed by atoms with van der Waals surface area (Å²) in [5.41, 5.74) is -0.413. The SMILES string of the molecule is CCN1CC(CN(C)C(=O)c2cc(C(F)F)[nH]n2)CC1=O. The van der Waals surface area contributed by atoms with Gasteiger partial charge in [0.15, 0.2) is 5.69 Å². The van der Waals surface area contributed by atoms with E-state index in [1.165, 1.54) is 4.90 Å². The van der Waals surface area contributed by atoms with Crippen molar-refractivity contribution in [2.24, 2.45) is 5.92 Å². The molecule has 1 atom stereocenters. The normalized spacial score (nSPS) is 18.6. The van der Waals surface area contributed by atoms with Gasteiger partial charge in [0.05, 0.1) is 0 Å². The largest absolute Gasteiger partial charge is 0.343 e. The van der Waals surface area contributed by atoms with Crippen LogP contribution in [0.1, 0.15) is 36.0 Å². The number of amides is 2. The third-order valence-electron chi connectivity index (χ3n) is 3.61. The predicted octanol–water partition coefficient (Wildman–Crippen LogP) is 1.29. The highest BCUT2D eigenvalue weighted by Gasteiger charge is 2.30. The van der Waals surface area contributed by atoms with Crippen LogP contribution < -0.4 is 0 Å². The Bertz CT molecular complexity index is 532. The summed E-state index contributed by atoms with van der Waals surface area (Å²) in [4.78, 5) is 26.9. The Morgan fingerprint density at radius 3 is 2.86 bits per heavy atom. The number of hydrogen-bond donors (Lipinski definition) is 1. The summed E-state index contributed by atoms with van der Waals surface area (Å²) in [5.74, 6) is -0.274. The zero-order valence-corrected chi connectivity index (χ0v) is 12.0. The van der Waals surface area contributed by atoms with E-state index in [0.29, 0.717) is 26.1 Å². The number of nitrogens with one attached hydrogen (secondary N) is 1. The number of aromatic amines is 1. The van der Waals surface area contributed by atoms with Crippen LogP contribution in [0.15, 0.2) is 6.07 Å². The van der Waals surface area contributed by atoms with E-state index in [1.807, 2.05) is 6.92 Å². The molecule has 1 aliphatic rings. The Morgan fingerprint density at radius 2 is 2.33 bits per heavy atom. The summed E-state index contributed by atoms with van der Waals surface area (Å²) in [6.07, 6.45) is -2.27. The van der Waals surface area contributed by atoms with Crippen LogP contribution in [0.3, 0.4) is 0 Å². The van der Waals surface area contributed by atoms with E-state index in [1.54, 1.807) is 11.9 Å². The molecule has 1 N–H and O–H groups in total. The first kappa shape index (κ1) is 15.4. The Kier molecular flexibility index (Phi) is 4.54. The molecule has 1 aromatic heterocycles. The summed E-state index contributed by atoms with van der Waals surface area (Å²) < 4.78 is 24.9. The highest BCUT2D eigenvalue weighted by Crippen LogP contribution is 2.20. The van der Waals surface area contributed by atoms with Crippen molar-refractivity contribution < 1.29 is 18.4 Å². The number of carbonyl (C=O) groups is 2. The molecule has 21 heavy (non-hydrogen) atoms. The minimum absolute atomic E-state index is 0.0375. The lowest BCUT2D eigenvalue weighted by atomic mass is 10.1. The molecule has 0 aromatic carbocycles. The fourth-order valence-corrected chi connectivity index (χ4v) is 2.51. The molecular weight excluding hydrogens is 282 g/mol. The molecule has 116 valence electrons. The van der Waals surface area contributed by atoms with Gasteiger partial charge in [0, 0.05) is 39.0 Å². The maximum Gasteiger partial charge on any atom is 0.279 e. The average molecular weight is 300 g/mol. The van der Waals surface area contributed by atoms with Gasteiger partial charge in [-0.25, -0.2) is 8.78 Å². The van der Waals surface area contributed by atoms with Gasteiger partial charge >= 0.3 is 0 Å². The van der Waals surface area contributed by atoms with E-state index in [2.05, 4.69) is 10.2 Å². The molecule has 1 aliphatic heterocycles. The van der Waals surface area contributed by atoms with Crippen LogP contribution in [0.5, 0.6) is 0 Å². The second-order valence-electron chi connectivity index (χ2n) is 5.20. The van der Waals surface area contributed by atoms with E-state index in [4.69, 9.17) is 0 Å². The standard InChI is InChI=1S/C13H18F2N4O2/c1-3-19-7-8(4-11(19)20)6-18(2)13(21)10-5-9(12(14)15)16-17-10/h5,8,12H,3-4,6-7H2,1-2H3,(H,16,17). The Hall–Kier alpha value is -1.99. The van der Waals surface area contributed by atoms with Crippen LogP contribution >= 0.6 is 0 Å². The molecule has 1 saturated heterocycles. The van der Waals surface area contributed by atoms with Gasteiger partial charge in [-0.15, -0.1) is 0 Å². The van der Waals surface area contributed by atoms with Gasteiger partial charge in [0.2, 0.25) is 5.91 Å². The summed E-state index contributed by atoms with van der Waals surface area (Å²) in [6, 6.07) is 1.06. The van der Waals surface area contributed by atoms with Gasteiger partial charge in [0.1, 0.15) is 5.69 Å². The molecular formula is C13H18F2N4O2. The zero-order chi connectivity index (χ0) is 15.6. The number of carbonyl (C=O) groups excluding carboxylic acids is 2. The zero-order valence-electron chi connectivity index (χ0n) is 12.0. The van der Waals surface area contributed by atoms with E-state index < -0.39 is 12.3 Å². The number of halogens is 2. The predicted molar refractivity (Wildman–Crippen MR) is 70.9 cm³/mol. The molecule has 1 aromatic rings. The lowest BCUT2D eigenvalue weighted by molar-refractivity contribution is -0.127. The van der Waals surface area contributed by atoms with Crippen molar-refractivity contribution >= 4 is 11.8 Å². The molecule has 8 heteroatoms. The highest BCUT2D eigenvalue weighted by atomic mass is 19.3. The third kappa shape index (κ3) is 3.37. The molecule has 0 bridgehead atoms. The fraction of sp³-hybridized carbons (Fsp3) is 0.615. The van der Waals surface area contributed by atoms with Gasteiger partial charge in [-0.3, -0.25) is 14.7 Å². The van der Waals surface area contributed by atoms with Crippen LogP contribution in [0.2, 0.25) is 0 Å². The molecule has 0 radical (unpaired) electrons.